The van der Waals surface area contributed by atoms with Crippen molar-refractivity contribution in [1.29, 1.82) is 0 Å². The number of para-hydroxylation sites is 3. The molecule has 0 aliphatic carbocycles. The predicted octanol–water partition coefficient (Wildman–Crippen LogP) is 2.45. The first-order valence-electron chi connectivity index (χ1n) is 17.7. The van der Waals surface area contributed by atoms with Gasteiger partial charge in [0.15, 0.2) is 34.5 Å². The van der Waals surface area contributed by atoms with E-state index < -0.39 is 34.0 Å². The molecule has 0 N–H and O–H groups in total. The molecule has 0 amide bonds. The van der Waals surface area contributed by atoms with Crippen molar-refractivity contribution < 1.29 is 28.4 Å². The largest absolute Gasteiger partial charge is 0.493 e. The third-order valence-electron chi connectivity index (χ3n) is 10.2. The first-order valence-corrected chi connectivity index (χ1v) is 22.0. The highest BCUT2D eigenvalue weighted by Crippen LogP contribution is 2.38. The van der Waals surface area contributed by atoms with Crippen LogP contribution >= 0.6 is 0 Å². The van der Waals surface area contributed by atoms with Crippen LogP contribution in [-0.4, -0.2) is 71.2 Å². The van der Waals surface area contributed by atoms with Gasteiger partial charge in [0, 0.05) is 5.41 Å². The van der Waals surface area contributed by atoms with Gasteiger partial charge in [-0.2, -0.15) is 0 Å². The van der Waals surface area contributed by atoms with Crippen LogP contribution in [0, 0.1) is 0 Å². The second-order valence-electron chi connectivity index (χ2n) is 13.2. The first kappa shape index (κ1) is 37.5. The maximum atomic E-state index is 5.77. The van der Waals surface area contributed by atoms with E-state index in [1.165, 1.54) is 47.8 Å². The molecular formula is C44H48O6Si3. The number of hydrogen-bond donors (Lipinski definition) is 0. The van der Waals surface area contributed by atoms with Gasteiger partial charge in [-0.25, -0.2) is 0 Å². The zero-order valence-corrected chi connectivity index (χ0v) is 35.9. The van der Waals surface area contributed by atoms with E-state index in [0.29, 0.717) is 0 Å². The van der Waals surface area contributed by atoms with Crippen molar-refractivity contribution >= 4 is 59.7 Å². The first-order chi connectivity index (χ1) is 25.9. The smallest absolute Gasteiger partial charge is 0.160 e. The molecule has 0 aliphatic heterocycles. The molecular weight excluding hydrogens is 709 g/mol. The van der Waals surface area contributed by atoms with Crippen molar-refractivity contribution in [1.82, 2.24) is 0 Å². The Morgan fingerprint density at radius 3 is 0.830 bits per heavy atom. The SMILES string of the molecule is COc1cccc([SiH2]c2ccc(C(C)(c3ccc([SiH2]c4cccc(OC)c4OC)cc3)c3ccc([SiH2]c4cccc(OC)c4OC)cc3)cc2)c1OC. The quantitative estimate of drug-likeness (QED) is 0.119. The molecule has 6 aromatic rings. The summed E-state index contributed by atoms with van der Waals surface area (Å²) in [5.74, 6) is 4.82. The Morgan fingerprint density at radius 1 is 0.340 bits per heavy atom. The molecule has 0 aliphatic rings. The maximum absolute atomic E-state index is 5.77. The van der Waals surface area contributed by atoms with Crippen molar-refractivity contribution in [2.45, 2.75) is 12.3 Å². The third kappa shape index (κ3) is 7.92. The van der Waals surface area contributed by atoms with E-state index in [2.05, 4.69) is 97.9 Å². The summed E-state index contributed by atoms with van der Waals surface area (Å²) >= 11 is 0. The van der Waals surface area contributed by atoms with E-state index in [1.807, 2.05) is 36.4 Å². The fourth-order valence-electron chi connectivity index (χ4n) is 7.31. The lowest BCUT2D eigenvalue weighted by Crippen LogP contribution is -2.32. The topological polar surface area (TPSA) is 55.4 Å². The van der Waals surface area contributed by atoms with Gasteiger partial charge < -0.3 is 28.4 Å². The van der Waals surface area contributed by atoms with Crippen LogP contribution in [0.3, 0.4) is 0 Å². The van der Waals surface area contributed by atoms with Crippen molar-refractivity contribution in [3.05, 3.63) is 144 Å². The van der Waals surface area contributed by atoms with Crippen LogP contribution in [0.2, 0.25) is 0 Å². The number of rotatable bonds is 15. The van der Waals surface area contributed by atoms with Gasteiger partial charge in [-0.15, -0.1) is 0 Å². The Hall–Kier alpha value is -5.23. The molecule has 0 bridgehead atoms. The van der Waals surface area contributed by atoms with Crippen LogP contribution in [0.1, 0.15) is 23.6 Å². The number of benzene rings is 6. The molecule has 0 spiro atoms. The highest BCUT2D eigenvalue weighted by atomic mass is 28.2. The minimum Gasteiger partial charge on any atom is -0.493 e. The van der Waals surface area contributed by atoms with Crippen LogP contribution in [0.5, 0.6) is 34.5 Å². The molecule has 6 rings (SSSR count). The van der Waals surface area contributed by atoms with E-state index in [0.717, 1.165) is 34.5 Å². The molecule has 0 radical (unpaired) electrons. The van der Waals surface area contributed by atoms with Crippen LogP contribution in [0.15, 0.2) is 127 Å². The van der Waals surface area contributed by atoms with E-state index in [-0.39, 0.29) is 0 Å². The molecule has 0 atom stereocenters. The Balaban J connectivity index is 1.35. The van der Waals surface area contributed by atoms with Crippen molar-refractivity contribution in [2.75, 3.05) is 42.7 Å². The molecule has 6 nitrogen and oxygen atoms in total. The van der Waals surface area contributed by atoms with Gasteiger partial charge >= 0.3 is 0 Å². The molecule has 0 saturated carbocycles. The summed E-state index contributed by atoms with van der Waals surface area (Å²) in [6.45, 7) is 2.35. The predicted molar refractivity (Wildman–Crippen MR) is 227 cm³/mol. The second kappa shape index (κ2) is 17.1. The lowest BCUT2D eigenvalue weighted by molar-refractivity contribution is 0.357. The fraction of sp³-hybridized carbons (Fsp3) is 0.182. The van der Waals surface area contributed by atoms with Gasteiger partial charge in [-0.05, 0) is 57.4 Å². The summed E-state index contributed by atoms with van der Waals surface area (Å²) in [4.78, 5) is 0. The van der Waals surface area contributed by atoms with Crippen LogP contribution in [0.4, 0.5) is 0 Å². The summed E-state index contributed by atoms with van der Waals surface area (Å²) in [6.07, 6.45) is 0. The molecule has 0 heterocycles. The average molecular weight is 757 g/mol. The van der Waals surface area contributed by atoms with Crippen LogP contribution < -0.4 is 59.5 Å². The summed E-state index contributed by atoms with van der Waals surface area (Å²) in [5, 5.41) is 7.69. The lowest BCUT2D eigenvalue weighted by Gasteiger charge is -2.32. The minimum absolute atomic E-state index is 0.394. The van der Waals surface area contributed by atoms with Crippen LogP contribution in [0.25, 0.3) is 0 Å². The van der Waals surface area contributed by atoms with Gasteiger partial charge in [-0.1, -0.05) is 125 Å². The van der Waals surface area contributed by atoms with Crippen molar-refractivity contribution in [2.24, 2.45) is 0 Å². The third-order valence-corrected chi connectivity index (χ3v) is 15.7. The Morgan fingerprint density at radius 2 is 0.604 bits per heavy atom. The molecule has 0 saturated heterocycles. The normalized spacial score (nSPS) is 12.7. The molecule has 272 valence electrons. The van der Waals surface area contributed by atoms with Gasteiger partial charge in [-0.3, -0.25) is 0 Å². The molecule has 9 heteroatoms. The Labute approximate surface area is 320 Å². The monoisotopic (exact) mass is 756 g/mol. The zero-order chi connectivity index (χ0) is 37.4. The lowest BCUT2D eigenvalue weighted by atomic mass is 9.71. The van der Waals surface area contributed by atoms with Gasteiger partial charge in [0.2, 0.25) is 0 Å². The average Bonchev–Trinajstić information content (AvgIpc) is 3.21. The van der Waals surface area contributed by atoms with Gasteiger partial charge in [0.1, 0.15) is 0 Å². The number of ether oxygens (including phenoxy) is 6. The van der Waals surface area contributed by atoms with Crippen molar-refractivity contribution in [3.63, 3.8) is 0 Å². The standard InChI is InChI=1S/C44H48O6Si3/c1-44(29-17-23-32(24-18-29)51-38-14-8-11-35(45-2)41(38)48-5,30-19-25-33(26-20-30)52-39-15-9-12-36(46-3)42(39)49-6)31-21-27-34(28-22-31)53-40-16-10-13-37(47-4)43(40)50-7/h8-28H,51-53H2,1-7H3. The number of hydrogen-bond acceptors (Lipinski definition) is 6. The molecule has 6 aromatic carbocycles. The molecule has 0 aromatic heterocycles. The van der Waals surface area contributed by atoms with E-state index in [4.69, 9.17) is 28.4 Å². The van der Waals surface area contributed by atoms with Gasteiger partial charge in [0.25, 0.3) is 0 Å². The minimum atomic E-state index is -0.813. The summed E-state index contributed by atoms with van der Waals surface area (Å²) in [6, 6.07) is 46.1. The van der Waals surface area contributed by atoms with Crippen LogP contribution in [-0.2, 0) is 5.41 Å². The second-order valence-corrected chi connectivity index (χ2v) is 19.0. The summed E-state index contributed by atoms with van der Waals surface area (Å²) in [5.41, 5.74) is 3.33. The molecule has 0 fully saturated rings. The molecule has 53 heavy (non-hydrogen) atoms. The Kier molecular flexibility index (Phi) is 12.1. The fourth-order valence-corrected chi connectivity index (χ4v) is 12.2. The van der Waals surface area contributed by atoms with Crippen molar-refractivity contribution in [3.8, 4) is 34.5 Å². The highest BCUT2D eigenvalue weighted by molar-refractivity contribution is 6.69. The van der Waals surface area contributed by atoms with E-state index >= 15 is 0 Å². The highest BCUT2D eigenvalue weighted by Gasteiger charge is 2.31. The summed E-state index contributed by atoms with van der Waals surface area (Å²) in [7, 11) is 7.77. The summed E-state index contributed by atoms with van der Waals surface area (Å²) < 4.78 is 34.0. The van der Waals surface area contributed by atoms with Gasteiger partial charge in [0.05, 0.1) is 71.2 Å². The number of methoxy groups -OCH3 is 6. The Bertz CT molecular complexity index is 1890. The van der Waals surface area contributed by atoms with E-state index in [9.17, 15) is 0 Å². The zero-order valence-electron chi connectivity index (χ0n) is 31.7. The molecule has 0 unspecified atom stereocenters. The van der Waals surface area contributed by atoms with E-state index in [1.54, 1.807) is 42.7 Å². The maximum Gasteiger partial charge on any atom is 0.160 e.